The van der Waals surface area contributed by atoms with Crippen LogP contribution in [0.4, 0.5) is 5.69 Å². The van der Waals surface area contributed by atoms with Crippen molar-refractivity contribution in [2.45, 2.75) is 4.90 Å². The molecule has 0 radical (unpaired) electrons. The molecular weight excluding hydrogens is 210 g/mol. The second kappa shape index (κ2) is 3.43. The van der Waals surface area contributed by atoms with Gasteiger partial charge in [0.05, 0.1) is 6.26 Å². The maximum Gasteiger partial charge on any atom is 0.269 e. The summed E-state index contributed by atoms with van der Waals surface area (Å²) in [5.41, 5.74) is 0.753. The highest BCUT2D eigenvalue weighted by Crippen LogP contribution is 2.31. The van der Waals surface area contributed by atoms with Gasteiger partial charge in [0.15, 0.2) is 4.90 Å². The van der Waals surface area contributed by atoms with Crippen LogP contribution >= 0.6 is 0 Å². The molecule has 2 rings (SSSR count). The van der Waals surface area contributed by atoms with Gasteiger partial charge in [-0.05, 0) is 22.2 Å². The van der Waals surface area contributed by atoms with Crippen molar-refractivity contribution in [3.63, 3.8) is 0 Å². The van der Waals surface area contributed by atoms with E-state index in [4.69, 9.17) is 0 Å². The van der Waals surface area contributed by atoms with Crippen LogP contribution in [0.2, 0.25) is 0 Å². The second-order valence-electron chi connectivity index (χ2n) is 3.67. The van der Waals surface area contributed by atoms with Crippen molar-refractivity contribution >= 4 is 21.8 Å². The molecule has 0 saturated carbocycles. The number of guanidine groups is 1. The molecule has 1 aliphatic heterocycles. The van der Waals surface area contributed by atoms with Crippen molar-refractivity contribution in [3.8, 4) is 0 Å². The van der Waals surface area contributed by atoms with Crippen LogP contribution < -0.4 is 0 Å². The highest BCUT2D eigenvalue weighted by atomic mass is 32.3. The molecule has 1 heterocycles. The van der Waals surface area contributed by atoms with Gasteiger partial charge in [0, 0.05) is 14.1 Å². The van der Waals surface area contributed by atoms with Crippen molar-refractivity contribution in [2.24, 2.45) is 9.36 Å². The number of hydrogen-bond donors (Lipinski definition) is 0. The molecule has 0 bridgehead atoms. The lowest BCUT2D eigenvalue weighted by Crippen LogP contribution is -2.25. The van der Waals surface area contributed by atoms with Gasteiger partial charge in [-0.3, -0.25) is 0 Å². The third-order valence-electron chi connectivity index (χ3n) is 2.15. The molecule has 1 atom stereocenters. The third-order valence-corrected chi connectivity index (χ3v) is 3.82. The smallest absolute Gasteiger partial charge is 0.269 e. The van der Waals surface area contributed by atoms with E-state index in [2.05, 4.69) is 9.36 Å². The molecule has 0 spiro atoms. The van der Waals surface area contributed by atoms with Crippen molar-refractivity contribution in [1.82, 2.24) is 4.90 Å². The Kier molecular flexibility index (Phi) is 2.36. The number of para-hydroxylation sites is 1. The van der Waals surface area contributed by atoms with Crippen LogP contribution in [0.15, 0.2) is 38.5 Å². The molecular formula is C10H13N3OS. The lowest BCUT2D eigenvalue weighted by molar-refractivity contribution is 0.581. The van der Waals surface area contributed by atoms with Gasteiger partial charge in [0.1, 0.15) is 5.69 Å². The molecule has 0 N–H and O–H groups in total. The molecule has 1 aromatic carbocycles. The normalized spacial score (nSPS) is 23.9. The molecule has 80 valence electrons. The summed E-state index contributed by atoms with van der Waals surface area (Å²) < 4.78 is 16.4. The van der Waals surface area contributed by atoms with Crippen LogP contribution in [0.25, 0.3) is 0 Å². The summed E-state index contributed by atoms with van der Waals surface area (Å²) in [6.45, 7) is 0. The Hall–Kier alpha value is -1.20. The van der Waals surface area contributed by atoms with Gasteiger partial charge >= 0.3 is 0 Å². The average Bonchev–Trinajstić information content (AvgIpc) is 2.16. The van der Waals surface area contributed by atoms with E-state index in [9.17, 15) is 4.55 Å². The largest absolute Gasteiger partial charge is 0.626 e. The van der Waals surface area contributed by atoms with E-state index in [1.807, 2.05) is 38.4 Å². The van der Waals surface area contributed by atoms with Gasteiger partial charge in [-0.15, -0.1) is 0 Å². The van der Waals surface area contributed by atoms with E-state index >= 15 is 0 Å². The fourth-order valence-electron chi connectivity index (χ4n) is 1.38. The average molecular weight is 223 g/mol. The zero-order chi connectivity index (χ0) is 11.1. The van der Waals surface area contributed by atoms with Gasteiger partial charge in [-0.1, -0.05) is 16.5 Å². The lowest BCUT2D eigenvalue weighted by atomic mass is 10.3. The van der Waals surface area contributed by atoms with Gasteiger partial charge in [-0.25, -0.2) is 4.99 Å². The molecule has 0 fully saturated rings. The molecule has 4 nitrogen and oxygen atoms in total. The van der Waals surface area contributed by atoms with Crippen LogP contribution in [0.5, 0.6) is 0 Å². The summed E-state index contributed by atoms with van der Waals surface area (Å²) in [5.74, 6) is 0.515. The Morgan fingerprint density at radius 2 is 1.93 bits per heavy atom. The van der Waals surface area contributed by atoms with E-state index in [1.165, 1.54) is 0 Å². The Morgan fingerprint density at radius 3 is 2.60 bits per heavy atom. The Bertz CT molecular complexity index is 473. The molecule has 1 unspecified atom stereocenters. The first-order valence-corrected chi connectivity index (χ1v) is 6.50. The maximum absolute atomic E-state index is 12.3. The quantitative estimate of drug-likeness (QED) is 0.629. The summed E-state index contributed by atoms with van der Waals surface area (Å²) in [5, 5.41) is 0. The summed E-state index contributed by atoms with van der Waals surface area (Å²) in [6, 6.07) is 7.41. The number of rotatable bonds is 0. The highest BCUT2D eigenvalue weighted by Gasteiger charge is 2.23. The predicted octanol–water partition coefficient (Wildman–Crippen LogP) is 1.71. The fourth-order valence-corrected chi connectivity index (χ4v) is 2.83. The SMILES string of the molecule is CN(C)C1=Nc2ccccc2[S+](C)([O-])=N1. The maximum atomic E-state index is 12.3. The van der Waals surface area contributed by atoms with E-state index in [0.717, 1.165) is 10.6 Å². The molecule has 5 heteroatoms. The summed E-state index contributed by atoms with van der Waals surface area (Å²) >= 11 is 0. The molecule has 1 aromatic rings. The number of aliphatic imine (C=N–C) groups is 1. The van der Waals surface area contributed by atoms with Crippen molar-refractivity contribution in [2.75, 3.05) is 20.4 Å². The summed E-state index contributed by atoms with van der Waals surface area (Å²) in [7, 11) is 1.34. The highest BCUT2D eigenvalue weighted by molar-refractivity contribution is 7.99. The van der Waals surface area contributed by atoms with Gasteiger partial charge in [0.2, 0.25) is 0 Å². The first kappa shape index (κ1) is 10.3. The van der Waals surface area contributed by atoms with E-state index < -0.39 is 10.1 Å². The van der Waals surface area contributed by atoms with Crippen molar-refractivity contribution in [3.05, 3.63) is 24.3 Å². The minimum Gasteiger partial charge on any atom is -0.626 e. The monoisotopic (exact) mass is 223 g/mol. The van der Waals surface area contributed by atoms with Gasteiger partial charge < -0.3 is 9.45 Å². The minimum atomic E-state index is -2.33. The number of fused-ring (bicyclic) bond motifs is 1. The van der Waals surface area contributed by atoms with E-state index in [1.54, 1.807) is 11.2 Å². The Labute approximate surface area is 90.5 Å². The summed E-state index contributed by atoms with van der Waals surface area (Å²) in [6.07, 6.45) is 1.64. The van der Waals surface area contributed by atoms with Crippen LogP contribution in [0.1, 0.15) is 0 Å². The molecule has 0 saturated heterocycles. The van der Waals surface area contributed by atoms with Crippen LogP contribution in [-0.2, 0) is 10.1 Å². The zero-order valence-corrected chi connectivity index (χ0v) is 9.78. The molecule has 15 heavy (non-hydrogen) atoms. The van der Waals surface area contributed by atoms with E-state index in [0.29, 0.717) is 5.96 Å². The Balaban J connectivity index is 2.66. The zero-order valence-electron chi connectivity index (χ0n) is 8.97. The number of hydrogen-bond acceptors (Lipinski definition) is 4. The fraction of sp³-hybridized carbons (Fsp3) is 0.300. The summed E-state index contributed by atoms with van der Waals surface area (Å²) in [4.78, 5) is 6.82. The molecule has 0 amide bonds. The standard InChI is InChI=1S/C10H13N3OS/c1-13(2)10-11-8-6-4-5-7-9(8)15(3,14)12-10/h4-7H,1-3H3. The third kappa shape index (κ3) is 1.80. The number of benzene rings is 1. The number of nitrogens with zero attached hydrogens (tertiary/aromatic N) is 3. The topological polar surface area (TPSA) is 51.0 Å². The molecule has 0 aromatic heterocycles. The van der Waals surface area contributed by atoms with Crippen molar-refractivity contribution in [1.29, 1.82) is 0 Å². The lowest BCUT2D eigenvalue weighted by Gasteiger charge is -2.24. The molecule has 0 aliphatic carbocycles. The first-order valence-electron chi connectivity index (χ1n) is 4.58. The van der Waals surface area contributed by atoms with Crippen LogP contribution in [0, 0.1) is 0 Å². The van der Waals surface area contributed by atoms with Crippen LogP contribution in [0.3, 0.4) is 0 Å². The second-order valence-corrected chi connectivity index (χ2v) is 5.90. The van der Waals surface area contributed by atoms with E-state index in [-0.39, 0.29) is 0 Å². The minimum absolute atomic E-state index is 0.515. The van der Waals surface area contributed by atoms with Crippen LogP contribution in [-0.4, -0.2) is 35.8 Å². The van der Waals surface area contributed by atoms with Gasteiger partial charge in [0.25, 0.3) is 5.96 Å². The first-order chi connectivity index (χ1) is 7.00. The van der Waals surface area contributed by atoms with Crippen molar-refractivity contribution < 1.29 is 4.55 Å². The van der Waals surface area contributed by atoms with Gasteiger partial charge in [-0.2, -0.15) is 0 Å². The predicted molar refractivity (Wildman–Crippen MR) is 62.0 cm³/mol. The Morgan fingerprint density at radius 1 is 1.27 bits per heavy atom. The molecule has 1 aliphatic rings.